The number of nitrogens with zero attached hydrogens (tertiary/aromatic N) is 2. The molecular weight excluding hydrogens is 284 g/mol. The molecule has 0 spiro atoms. The van der Waals surface area contributed by atoms with Gasteiger partial charge in [0, 0.05) is 12.1 Å². The molecular formula is C14H14ClF2N3. The lowest BCUT2D eigenvalue weighted by molar-refractivity contribution is 0.605. The Morgan fingerprint density at radius 2 is 2.00 bits per heavy atom. The lowest BCUT2D eigenvalue weighted by atomic mass is 10.2. The van der Waals surface area contributed by atoms with Gasteiger partial charge in [0.25, 0.3) is 0 Å². The highest BCUT2D eigenvalue weighted by Gasteiger charge is 2.14. The normalized spacial score (nSPS) is 10.7. The Balaban J connectivity index is 2.48. The van der Waals surface area contributed by atoms with E-state index < -0.39 is 11.6 Å². The van der Waals surface area contributed by atoms with Gasteiger partial charge in [0.2, 0.25) is 0 Å². The zero-order chi connectivity index (χ0) is 14.7. The van der Waals surface area contributed by atoms with Crippen molar-refractivity contribution in [2.24, 2.45) is 0 Å². The largest absolute Gasteiger partial charge is 0.368 e. The molecule has 0 amide bonds. The van der Waals surface area contributed by atoms with Crippen LogP contribution >= 0.6 is 11.6 Å². The summed E-state index contributed by atoms with van der Waals surface area (Å²) in [7, 11) is 0. The molecule has 0 radical (unpaired) electrons. The minimum atomic E-state index is -0.486. The quantitative estimate of drug-likeness (QED) is 0.919. The van der Waals surface area contributed by atoms with E-state index in [1.165, 1.54) is 18.2 Å². The van der Waals surface area contributed by atoms with Crippen molar-refractivity contribution < 1.29 is 8.78 Å². The van der Waals surface area contributed by atoms with E-state index >= 15 is 0 Å². The molecule has 2 rings (SSSR count). The summed E-state index contributed by atoms with van der Waals surface area (Å²) in [6, 6.07) is 3.93. The Hall–Kier alpha value is -1.75. The minimum absolute atomic E-state index is 0.134. The summed E-state index contributed by atoms with van der Waals surface area (Å²) in [6.07, 6.45) is 0.842. The van der Waals surface area contributed by atoms with Crippen molar-refractivity contribution in [2.45, 2.75) is 20.3 Å². The van der Waals surface area contributed by atoms with E-state index in [2.05, 4.69) is 15.3 Å². The highest BCUT2D eigenvalue weighted by Crippen LogP contribution is 2.28. The summed E-state index contributed by atoms with van der Waals surface area (Å²) in [5.41, 5.74) is 0.685. The van der Waals surface area contributed by atoms with Crippen molar-refractivity contribution in [3.63, 3.8) is 0 Å². The van der Waals surface area contributed by atoms with Crippen molar-refractivity contribution in [3.8, 4) is 11.4 Å². The first kappa shape index (κ1) is 14.7. The number of hydrogen-bond donors (Lipinski definition) is 1. The van der Waals surface area contributed by atoms with E-state index in [1.54, 1.807) is 6.92 Å². The molecule has 0 aliphatic heterocycles. The predicted octanol–water partition coefficient (Wildman–Crippen LogP) is 4.21. The predicted molar refractivity (Wildman–Crippen MR) is 75.9 cm³/mol. The molecule has 0 fully saturated rings. The van der Waals surface area contributed by atoms with Gasteiger partial charge in [0.05, 0.1) is 10.7 Å². The Morgan fingerprint density at radius 3 is 2.65 bits per heavy atom. The van der Waals surface area contributed by atoms with Gasteiger partial charge in [-0.15, -0.1) is 0 Å². The summed E-state index contributed by atoms with van der Waals surface area (Å²) in [6.45, 7) is 4.12. The molecule has 0 bridgehead atoms. The molecule has 106 valence electrons. The van der Waals surface area contributed by atoms with Crippen LogP contribution in [0.1, 0.15) is 19.0 Å². The van der Waals surface area contributed by atoms with Crippen LogP contribution in [0.15, 0.2) is 18.2 Å². The lowest BCUT2D eigenvalue weighted by Crippen LogP contribution is -2.08. The van der Waals surface area contributed by atoms with Gasteiger partial charge in [-0.25, -0.2) is 18.7 Å². The third-order valence-corrected chi connectivity index (χ3v) is 3.04. The standard InChI is InChI=1S/C14H14ClF2N3/c1-3-6-18-14-12(17)8(2)19-13(20-14)10-5-4-9(16)7-11(10)15/h4-5,7H,3,6H2,1-2H3,(H,18,19,20). The Morgan fingerprint density at radius 1 is 1.25 bits per heavy atom. The number of anilines is 1. The zero-order valence-corrected chi connectivity index (χ0v) is 11.9. The van der Waals surface area contributed by atoms with Crippen molar-refractivity contribution in [2.75, 3.05) is 11.9 Å². The fraction of sp³-hybridized carbons (Fsp3) is 0.286. The monoisotopic (exact) mass is 297 g/mol. The number of hydrogen-bond acceptors (Lipinski definition) is 3. The molecule has 1 heterocycles. The van der Waals surface area contributed by atoms with E-state index in [0.29, 0.717) is 12.1 Å². The Kier molecular flexibility index (Phi) is 4.49. The highest BCUT2D eigenvalue weighted by molar-refractivity contribution is 6.33. The molecule has 6 heteroatoms. The van der Waals surface area contributed by atoms with Gasteiger partial charge in [0.15, 0.2) is 17.5 Å². The van der Waals surface area contributed by atoms with Gasteiger partial charge in [-0.2, -0.15) is 0 Å². The molecule has 1 aromatic heterocycles. The number of benzene rings is 1. The fourth-order valence-corrected chi connectivity index (χ4v) is 1.96. The molecule has 0 atom stereocenters. The highest BCUT2D eigenvalue weighted by atomic mass is 35.5. The van der Waals surface area contributed by atoms with E-state index in [9.17, 15) is 8.78 Å². The average molecular weight is 298 g/mol. The minimum Gasteiger partial charge on any atom is -0.368 e. The van der Waals surface area contributed by atoms with Gasteiger partial charge in [-0.05, 0) is 31.5 Å². The molecule has 0 saturated carbocycles. The van der Waals surface area contributed by atoms with Crippen LogP contribution in [0.3, 0.4) is 0 Å². The van der Waals surface area contributed by atoms with Crippen LogP contribution in [0.4, 0.5) is 14.6 Å². The topological polar surface area (TPSA) is 37.8 Å². The third kappa shape index (κ3) is 3.04. The first-order chi connectivity index (χ1) is 9.52. The molecule has 0 unspecified atom stereocenters. The van der Waals surface area contributed by atoms with Crippen molar-refractivity contribution >= 4 is 17.4 Å². The smallest absolute Gasteiger partial charge is 0.186 e. The second-order valence-corrected chi connectivity index (χ2v) is 4.75. The first-order valence-corrected chi connectivity index (χ1v) is 6.64. The first-order valence-electron chi connectivity index (χ1n) is 6.26. The maximum absolute atomic E-state index is 13.9. The van der Waals surface area contributed by atoms with Crippen molar-refractivity contribution in [1.29, 1.82) is 0 Å². The number of nitrogens with one attached hydrogen (secondary N) is 1. The van der Waals surface area contributed by atoms with Crippen LogP contribution in [0.5, 0.6) is 0 Å². The second-order valence-electron chi connectivity index (χ2n) is 4.35. The summed E-state index contributed by atoms with van der Waals surface area (Å²) in [4.78, 5) is 8.20. The third-order valence-electron chi connectivity index (χ3n) is 2.73. The molecule has 1 N–H and O–H groups in total. The SMILES string of the molecule is CCCNc1nc(-c2ccc(F)cc2Cl)nc(C)c1F. The van der Waals surface area contributed by atoms with Gasteiger partial charge >= 0.3 is 0 Å². The van der Waals surface area contributed by atoms with Gasteiger partial charge < -0.3 is 5.32 Å². The number of aryl methyl sites for hydroxylation is 1. The van der Waals surface area contributed by atoms with E-state index in [4.69, 9.17) is 11.6 Å². The molecule has 0 aliphatic rings. The van der Waals surface area contributed by atoms with Crippen molar-refractivity contribution in [3.05, 3.63) is 40.6 Å². The second kappa shape index (κ2) is 6.13. The molecule has 2 aromatic rings. The van der Waals surface area contributed by atoms with E-state index in [1.807, 2.05) is 6.92 Å². The summed E-state index contributed by atoms with van der Waals surface area (Å²) in [5.74, 6) is -0.524. The Bertz CT molecular complexity index is 632. The lowest BCUT2D eigenvalue weighted by Gasteiger charge is -2.10. The number of halogens is 3. The van der Waals surface area contributed by atoms with E-state index in [-0.39, 0.29) is 22.4 Å². The maximum Gasteiger partial charge on any atom is 0.186 e. The summed E-state index contributed by atoms with van der Waals surface area (Å²) < 4.78 is 27.0. The molecule has 3 nitrogen and oxygen atoms in total. The maximum atomic E-state index is 13.9. The Labute approximate surface area is 121 Å². The van der Waals surface area contributed by atoms with Crippen LogP contribution < -0.4 is 5.32 Å². The van der Waals surface area contributed by atoms with Crippen LogP contribution in [-0.4, -0.2) is 16.5 Å². The van der Waals surface area contributed by atoms with Crippen LogP contribution in [0.25, 0.3) is 11.4 Å². The summed E-state index contributed by atoms with van der Waals surface area (Å²) in [5, 5.41) is 3.09. The molecule has 20 heavy (non-hydrogen) atoms. The van der Waals surface area contributed by atoms with Gasteiger partial charge in [-0.1, -0.05) is 18.5 Å². The van der Waals surface area contributed by atoms with Gasteiger partial charge in [0.1, 0.15) is 5.82 Å². The summed E-state index contributed by atoms with van der Waals surface area (Å²) >= 11 is 5.98. The fourth-order valence-electron chi connectivity index (χ4n) is 1.71. The van der Waals surface area contributed by atoms with Crippen LogP contribution in [0.2, 0.25) is 5.02 Å². The molecule has 0 aliphatic carbocycles. The molecule has 1 aromatic carbocycles. The average Bonchev–Trinajstić information content (AvgIpc) is 2.40. The van der Waals surface area contributed by atoms with Crippen LogP contribution in [-0.2, 0) is 0 Å². The zero-order valence-electron chi connectivity index (χ0n) is 11.2. The molecule has 0 saturated heterocycles. The van der Waals surface area contributed by atoms with Crippen molar-refractivity contribution in [1.82, 2.24) is 9.97 Å². The number of rotatable bonds is 4. The van der Waals surface area contributed by atoms with Gasteiger partial charge in [-0.3, -0.25) is 0 Å². The van der Waals surface area contributed by atoms with Crippen LogP contribution in [0, 0.1) is 18.6 Å². The van der Waals surface area contributed by atoms with E-state index in [0.717, 1.165) is 6.42 Å². The number of aromatic nitrogens is 2.